The van der Waals surface area contributed by atoms with E-state index in [2.05, 4.69) is 10.6 Å². The Morgan fingerprint density at radius 1 is 0.800 bits per heavy atom. The molecule has 0 aliphatic carbocycles. The molecule has 5 heteroatoms. The van der Waals surface area contributed by atoms with Crippen molar-refractivity contribution in [3.05, 3.63) is 89.5 Å². The van der Waals surface area contributed by atoms with E-state index in [1.807, 2.05) is 63.2 Å². The van der Waals surface area contributed by atoms with Gasteiger partial charge in [-0.25, -0.2) is 0 Å². The summed E-state index contributed by atoms with van der Waals surface area (Å²) in [6, 6.07) is 22.1. The fourth-order valence-corrected chi connectivity index (χ4v) is 3.05. The quantitative estimate of drug-likeness (QED) is 0.560. The Morgan fingerprint density at radius 3 is 1.97 bits per heavy atom. The Labute approximate surface area is 177 Å². The second-order valence-corrected chi connectivity index (χ2v) is 7.12. The van der Waals surface area contributed by atoms with Crippen LogP contribution >= 0.6 is 0 Å². The number of rotatable bonds is 7. The van der Waals surface area contributed by atoms with Crippen LogP contribution in [-0.2, 0) is 4.79 Å². The second kappa shape index (κ2) is 9.74. The van der Waals surface area contributed by atoms with Gasteiger partial charge >= 0.3 is 0 Å². The maximum atomic E-state index is 12.6. The molecular formula is C25H26N2O3. The molecule has 0 aliphatic rings. The summed E-state index contributed by atoms with van der Waals surface area (Å²) in [6.07, 6.45) is -0.0448. The standard InChI is InChI=1S/C25H26N2O3/c1-4-22(30-23-12-8-6-10-18(23)3)25(29)27-20-15-13-19(14-16-20)26-24(28)21-11-7-5-9-17(21)2/h5-16,22H,4H2,1-3H3,(H,26,28)(H,27,29). The monoisotopic (exact) mass is 402 g/mol. The average molecular weight is 402 g/mol. The van der Waals surface area contributed by atoms with Crippen LogP contribution in [0.15, 0.2) is 72.8 Å². The highest BCUT2D eigenvalue weighted by molar-refractivity contribution is 6.05. The molecule has 0 aromatic heterocycles. The van der Waals surface area contributed by atoms with Crippen molar-refractivity contribution in [1.82, 2.24) is 0 Å². The van der Waals surface area contributed by atoms with Crippen LogP contribution in [0.25, 0.3) is 0 Å². The topological polar surface area (TPSA) is 67.4 Å². The molecule has 154 valence electrons. The lowest BCUT2D eigenvalue weighted by atomic mass is 10.1. The summed E-state index contributed by atoms with van der Waals surface area (Å²) in [5, 5.41) is 5.75. The van der Waals surface area contributed by atoms with E-state index in [1.165, 1.54) is 0 Å². The molecule has 0 aliphatic heterocycles. The molecule has 2 amide bonds. The molecule has 0 saturated heterocycles. The zero-order valence-electron chi connectivity index (χ0n) is 17.4. The molecule has 0 fully saturated rings. The summed E-state index contributed by atoms with van der Waals surface area (Å²) in [4.78, 5) is 25.1. The lowest BCUT2D eigenvalue weighted by molar-refractivity contribution is -0.122. The summed E-state index contributed by atoms with van der Waals surface area (Å²) in [5.41, 5.74) is 3.83. The normalized spacial score (nSPS) is 11.4. The summed E-state index contributed by atoms with van der Waals surface area (Å²) in [7, 11) is 0. The van der Waals surface area contributed by atoms with Crippen molar-refractivity contribution in [2.24, 2.45) is 0 Å². The van der Waals surface area contributed by atoms with Crippen LogP contribution in [0.2, 0.25) is 0 Å². The van der Waals surface area contributed by atoms with E-state index in [0.717, 1.165) is 11.1 Å². The number of anilines is 2. The highest BCUT2D eigenvalue weighted by atomic mass is 16.5. The SMILES string of the molecule is CCC(Oc1ccccc1C)C(=O)Nc1ccc(NC(=O)c2ccccc2C)cc1. The average Bonchev–Trinajstić information content (AvgIpc) is 2.74. The van der Waals surface area contributed by atoms with Gasteiger partial charge in [-0.15, -0.1) is 0 Å². The number of aryl methyl sites for hydroxylation is 2. The number of carbonyl (C=O) groups is 2. The number of amides is 2. The van der Waals surface area contributed by atoms with Gasteiger partial charge in [-0.05, 0) is 67.8 Å². The van der Waals surface area contributed by atoms with Gasteiger partial charge in [-0.2, -0.15) is 0 Å². The molecule has 0 bridgehead atoms. The first-order chi connectivity index (χ1) is 14.5. The minimum absolute atomic E-state index is 0.164. The Morgan fingerprint density at radius 2 is 1.37 bits per heavy atom. The Balaban J connectivity index is 1.61. The molecule has 0 heterocycles. The summed E-state index contributed by atoms with van der Waals surface area (Å²) in [5.74, 6) is 0.328. The van der Waals surface area contributed by atoms with Crippen LogP contribution in [0.5, 0.6) is 5.75 Å². The summed E-state index contributed by atoms with van der Waals surface area (Å²) in [6.45, 7) is 5.76. The molecule has 0 saturated carbocycles. The van der Waals surface area contributed by atoms with E-state index in [9.17, 15) is 9.59 Å². The van der Waals surface area contributed by atoms with E-state index in [-0.39, 0.29) is 11.8 Å². The van der Waals surface area contributed by atoms with Crippen molar-refractivity contribution in [2.75, 3.05) is 10.6 Å². The lowest BCUT2D eigenvalue weighted by Gasteiger charge is -2.18. The van der Waals surface area contributed by atoms with Gasteiger partial charge in [0.05, 0.1) is 0 Å². The zero-order valence-corrected chi connectivity index (χ0v) is 17.4. The van der Waals surface area contributed by atoms with Gasteiger partial charge in [0.15, 0.2) is 6.10 Å². The predicted molar refractivity (Wildman–Crippen MR) is 120 cm³/mol. The van der Waals surface area contributed by atoms with Crippen molar-refractivity contribution in [2.45, 2.75) is 33.3 Å². The molecule has 3 aromatic carbocycles. The first-order valence-electron chi connectivity index (χ1n) is 9.98. The third-order valence-electron chi connectivity index (χ3n) is 4.83. The molecule has 5 nitrogen and oxygen atoms in total. The number of hydrogen-bond donors (Lipinski definition) is 2. The molecule has 3 aromatic rings. The fourth-order valence-electron chi connectivity index (χ4n) is 3.05. The summed E-state index contributed by atoms with van der Waals surface area (Å²) < 4.78 is 5.90. The largest absolute Gasteiger partial charge is 0.480 e. The van der Waals surface area contributed by atoms with Crippen LogP contribution in [0.4, 0.5) is 11.4 Å². The van der Waals surface area contributed by atoms with Crippen LogP contribution in [0, 0.1) is 13.8 Å². The number of para-hydroxylation sites is 1. The van der Waals surface area contributed by atoms with Gasteiger partial charge < -0.3 is 15.4 Å². The maximum absolute atomic E-state index is 12.6. The van der Waals surface area contributed by atoms with E-state index >= 15 is 0 Å². The molecule has 30 heavy (non-hydrogen) atoms. The Hall–Kier alpha value is -3.60. The third kappa shape index (κ3) is 5.26. The highest BCUT2D eigenvalue weighted by Gasteiger charge is 2.19. The number of benzene rings is 3. The van der Waals surface area contributed by atoms with Gasteiger partial charge in [0.25, 0.3) is 11.8 Å². The predicted octanol–water partition coefficient (Wildman–Crippen LogP) is 5.35. The number of nitrogens with one attached hydrogen (secondary N) is 2. The smallest absolute Gasteiger partial charge is 0.265 e. The Bertz CT molecular complexity index is 1030. The second-order valence-electron chi connectivity index (χ2n) is 7.12. The van der Waals surface area contributed by atoms with Crippen LogP contribution in [0.1, 0.15) is 34.8 Å². The molecule has 1 atom stereocenters. The fraction of sp³-hybridized carbons (Fsp3) is 0.200. The first-order valence-corrected chi connectivity index (χ1v) is 9.98. The van der Waals surface area contributed by atoms with E-state index < -0.39 is 6.10 Å². The van der Waals surface area contributed by atoms with Crippen molar-refractivity contribution < 1.29 is 14.3 Å². The molecule has 1 unspecified atom stereocenters. The van der Waals surface area contributed by atoms with E-state index in [4.69, 9.17) is 4.74 Å². The van der Waals surface area contributed by atoms with Gasteiger partial charge in [0.1, 0.15) is 5.75 Å². The van der Waals surface area contributed by atoms with Gasteiger partial charge in [-0.3, -0.25) is 9.59 Å². The molecule has 2 N–H and O–H groups in total. The first kappa shape index (κ1) is 21.1. The van der Waals surface area contributed by atoms with Crippen molar-refractivity contribution in [3.8, 4) is 5.75 Å². The van der Waals surface area contributed by atoms with E-state index in [1.54, 1.807) is 30.3 Å². The van der Waals surface area contributed by atoms with Gasteiger partial charge in [-0.1, -0.05) is 43.3 Å². The minimum Gasteiger partial charge on any atom is -0.480 e. The van der Waals surface area contributed by atoms with Crippen LogP contribution in [-0.4, -0.2) is 17.9 Å². The van der Waals surface area contributed by atoms with Gasteiger partial charge in [0, 0.05) is 16.9 Å². The summed E-state index contributed by atoms with van der Waals surface area (Å²) >= 11 is 0. The van der Waals surface area contributed by atoms with Crippen molar-refractivity contribution in [3.63, 3.8) is 0 Å². The molecule has 3 rings (SSSR count). The number of hydrogen-bond acceptors (Lipinski definition) is 3. The zero-order chi connectivity index (χ0) is 21.5. The maximum Gasteiger partial charge on any atom is 0.265 e. The molecule has 0 radical (unpaired) electrons. The van der Waals surface area contributed by atoms with Crippen LogP contribution in [0.3, 0.4) is 0 Å². The molecule has 0 spiro atoms. The van der Waals surface area contributed by atoms with Crippen molar-refractivity contribution >= 4 is 23.2 Å². The van der Waals surface area contributed by atoms with Crippen LogP contribution < -0.4 is 15.4 Å². The van der Waals surface area contributed by atoms with Crippen molar-refractivity contribution in [1.29, 1.82) is 0 Å². The lowest BCUT2D eigenvalue weighted by Crippen LogP contribution is -2.32. The Kier molecular flexibility index (Phi) is 6.86. The number of ether oxygens (including phenoxy) is 1. The molecular weight excluding hydrogens is 376 g/mol. The minimum atomic E-state index is -0.591. The van der Waals surface area contributed by atoms with Gasteiger partial charge in [0.2, 0.25) is 0 Å². The number of carbonyl (C=O) groups excluding carboxylic acids is 2. The highest BCUT2D eigenvalue weighted by Crippen LogP contribution is 2.20. The van der Waals surface area contributed by atoms with E-state index in [0.29, 0.717) is 29.1 Å². The third-order valence-corrected chi connectivity index (χ3v) is 4.83.